The number of hydrogen-bond donors (Lipinski definition) is 4. The van der Waals surface area contributed by atoms with Gasteiger partial charge >= 0.3 is 11.9 Å². The number of ketones is 1. The van der Waals surface area contributed by atoms with Crippen molar-refractivity contribution in [1.82, 2.24) is 20.3 Å². The number of allylic oxidation sites excluding steroid dienone is 3. The van der Waals surface area contributed by atoms with Crippen LogP contribution in [-0.4, -0.2) is 46.4 Å². The molecule has 8 bridgehead atoms. The van der Waals surface area contributed by atoms with Gasteiger partial charge in [0.15, 0.2) is 5.78 Å². The van der Waals surface area contributed by atoms with Crippen molar-refractivity contribution in [3.63, 3.8) is 0 Å². The first kappa shape index (κ1) is 48.2. The molecule has 64 heavy (non-hydrogen) atoms. The summed E-state index contributed by atoms with van der Waals surface area (Å²) in [5.74, 6) is -0.815. The lowest BCUT2D eigenvalue weighted by Gasteiger charge is -2.17. The van der Waals surface area contributed by atoms with E-state index in [0.29, 0.717) is 34.9 Å². The SMILES string of the molecule is C=Cc1c2[nH]c(c1C)/C=C1\N/C(=C3\c4[nH]c(c(C)c4C(=O)[C@@H]3C(=O)OC)/C=c3\[nH]/c(c(C)c3CC)=C\2)[C@@H](/C=C/C(=O)OCC/C(C)=C/CC[C@H](C)CCC[C@H](C)CCCC(C)C)[C@@H]1C. The third-order valence-electron chi connectivity index (χ3n) is 14.2. The van der Waals surface area contributed by atoms with Crippen molar-refractivity contribution < 1.29 is 23.9 Å². The Labute approximate surface area is 381 Å². The third-order valence-corrected chi connectivity index (χ3v) is 14.2. The minimum Gasteiger partial charge on any atom is -0.468 e. The second kappa shape index (κ2) is 21.1. The highest BCUT2D eigenvalue weighted by Gasteiger charge is 2.48. The number of nitrogens with one attached hydrogen (secondary N) is 4. The smallest absolute Gasteiger partial charge is 0.330 e. The number of fused-ring (bicyclic) bond motifs is 7. The highest BCUT2D eigenvalue weighted by Crippen LogP contribution is 2.47. The van der Waals surface area contributed by atoms with Crippen LogP contribution in [0.15, 0.2) is 41.8 Å². The van der Waals surface area contributed by atoms with Gasteiger partial charge in [-0.1, -0.05) is 110 Å². The van der Waals surface area contributed by atoms with E-state index in [1.807, 2.05) is 19.1 Å². The fraction of sp³-hybridized carbons (Fsp3) is 0.509. The van der Waals surface area contributed by atoms with Crippen LogP contribution in [-0.2, 0) is 25.5 Å². The van der Waals surface area contributed by atoms with E-state index in [1.165, 1.54) is 69.3 Å². The second-order valence-corrected chi connectivity index (χ2v) is 19.4. The number of esters is 2. The van der Waals surface area contributed by atoms with Gasteiger partial charge in [-0.15, -0.1) is 0 Å². The van der Waals surface area contributed by atoms with Crippen LogP contribution in [0.5, 0.6) is 0 Å². The summed E-state index contributed by atoms with van der Waals surface area (Å²) in [6.45, 7) is 26.3. The van der Waals surface area contributed by atoms with E-state index in [2.05, 4.69) is 113 Å². The van der Waals surface area contributed by atoms with E-state index in [1.54, 1.807) is 0 Å². The molecule has 2 aliphatic heterocycles. The van der Waals surface area contributed by atoms with Gasteiger partial charge in [-0.05, 0) is 105 Å². The van der Waals surface area contributed by atoms with Gasteiger partial charge in [0, 0.05) is 80.2 Å². The molecule has 9 heteroatoms. The molecule has 6 rings (SSSR count). The van der Waals surface area contributed by atoms with Crippen LogP contribution >= 0.6 is 0 Å². The average Bonchev–Trinajstić information content (AvgIpc) is 3.99. The van der Waals surface area contributed by atoms with E-state index in [9.17, 15) is 14.4 Å². The molecule has 0 saturated carbocycles. The number of rotatable bonds is 19. The maximum Gasteiger partial charge on any atom is 0.330 e. The van der Waals surface area contributed by atoms with Crippen LogP contribution in [0.3, 0.4) is 0 Å². The Morgan fingerprint density at radius 3 is 2.20 bits per heavy atom. The molecule has 9 nitrogen and oxygen atoms in total. The first-order chi connectivity index (χ1) is 30.6. The first-order valence-corrected chi connectivity index (χ1v) is 23.9. The van der Waals surface area contributed by atoms with E-state index >= 15 is 0 Å². The molecular weight excluding hydrogens is 797 g/mol. The van der Waals surface area contributed by atoms with Crippen LogP contribution in [0.4, 0.5) is 0 Å². The molecule has 0 spiro atoms. The Kier molecular flexibility index (Phi) is 15.9. The molecule has 1 saturated heterocycles. The van der Waals surface area contributed by atoms with Gasteiger partial charge < -0.3 is 29.7 Å². The zero-order chi connectivity index (χ0) is 46.4. The maximum atomic E-state index is 14.4. The third kappa shape index (κ3) is 10.5. The lowest BCUT2D eigenvalue weighted by atomic mass is 9.87. The van der Waals surface area contributed by atoms with Gasteiger partial charge in [-0.3, -0.25) is 9.59 Å². The van der Waals surface area contributed by atoms with Gasteiger partial charge in [0.1, 0.15) is 5.92 Å². The Morgan fingerprint density at radius 2 is 1.53 bits per heavy atom. The molecule has 5 heterocycles. The number of hydrogen-bond acceptors (Lipinski definition) is 6. The van der Waals surface area contributed by atoms with Crippen molar-refractivity contribution in [2.24, 2.45) is 35.5 Å². The summed E-state index contributed by atoms with van der Waals surface area (Å²) < 4.78 is 11.0. The lowest BCUT2D eigenvalue weighted by Crippen LogP contribution is -2.25. The van der Waals surface area contributed by atoms with Crippen molar-refractivity contribution in [3.05, 3.63) is 109 Å². The zero-order valence-corrected chi connectivity index (χ0v) is 40.5. The predicted molar refractivity (Wildman–Crippen MR) is 262 cm³/mol. The molecular formula is C55H74N4O5. The molecule has 0 aromatic carbocycles. The number of ether oxygens (including phenoxy) is 2. The maximum absolute atomic E-state index is 14.4. The molecule has 3 aliphatic rings. The van der Waals surface area contributed by atoms with Gasteiger partial charge in [0.05, 0.1) is 19.4 Å². The van der Waals surface area contributed by atoms with Crippen LogP contribution in [0.25, 0.3) is 29.9 Å². The lowest BCUT2D eigenvalue weighted by molar-refractivity contribution is -0.142. The minimum atomic E-state index is -1.17. The summed E-state index contributed by atoms with van der Waals surface area (Å²) >= 11 is 0. The molecule has 5 atom stereocenters. The van der Waals surface area contributed by atoms with Gasteiger partial charge in [0.2, 0.25) is 0 Å². The highest BCUT2D eigenvalue weighted by molar-refractivity contribution is 6.24. The number of H-pyrrole nitrogens is 3. The summed E-state index contributed by atoms with van der Waals surface area (Å²) in [6, 6.07) is 0. The van der Waals surface area contributed by atoms with Crippen molar-refractivity contribution in [1.29, 1.82) is 0 Å². The summed E-state index contributed by atoms with van der Waals surface area (Å²) in [5.41, 5.74) is 12.1. The summed E-state index contributed by atoms with van der Waals surface area (Å²) in [7, 11) is 1.31. The van der Waals surface area contributed by atoms with Crippen LogP contribution in [0.2, 0.25) is 0 Å². The summed E-state index contributed by atoms with van der Waals surface area (Å²) in [6.07, 6.45) is 25.4. The van der Waals surface area contributed by atoms with Crippen LogP contribution in [0, 0.1) is 56.3 Å². The zero-order valence-electron chi connectivity index (χ0n) is 40.5. The Hall–Kier alpha value is -5.31. The molecule has 0 unspecified atom stereocenters. The number of Topliss-reactive ketones (excluding diaryl/α,β-unsaturated/α-hetero) is 1. The number of carbonyl (C=O) groups is 3. The number of carbonyl (C=O) groups excluding carboxylic acids is 3. The normalized spacial score (nSPS) is 22.1. The van der Waals surface area contributed by atoms with Gasteiger partial charge in [-0.2, -0.15) is 0 Å². The van der Waals surface area contributed by atoms with E-state index in [-0.39, 0.29) is 18.3 Å². The second-order valence-electron chi connectivity index (χ2n) is 19.4. The van der Waals surface area contributed by atoms with Crippen molar-refractivity contribution in [2.75, 3.05) is 13.7 Å². The van der Waals surface area contributed by atoms with Gasteiger partial charge in [-0.25, -0.2) is 4.79 Å². The predicted octanol–water partition coefficient (Wildman–Crippen LogP) is 10.9. The van der Waals surface area contributed by atoms with Crippen molar-refractivity contribution >= 4 is 47.6 Å². The molecule has 0 radical (unpaired) electrons. The molecule has 344 valence electrons. The molecule has 1 aliphatic carbocycles. The van der Waals surface area contributed by atoms with Crippen molar-refractivity contribution in [2.45, 2.75) is 133 Å². The van der Waals surface area contributed by atoms with E-state index in [0.717, 1.165) is 80.4 Å². The molecule has 1 fully saturated rings. The molecule has 0 amide bonds. The van der Waals surface area contributed by atoms with E-state index < -0.39 is 23.8 Å². The topological polar surface area (TPSA) is 129 Å². The van der Waals surface area contributed by atoms with E-state index in [4.69, 9.17) is 9.47 Å². The van der Waals surface area contributed by atoms with Gasteiger partial charge in [0.25, 0.3) is 0 Å². The summed E-state index contributed by atoms with van der Waals surface area (Å²) in [5, 5.41) is 5.59. The Bertz CT molecular complexity index is 2500. The average molecular weight is 871 g/mol. The number of methoxy groups -OCH3 is 1. The summed E-state index contributed by atoms with van der Waals surface area (Å²) in [4.78, 5) is 52.2. The molecule has 4 N–H and O–H groups in total. The fourth-order valence-corrected chi connectivity index (χ4v) is 10.1. The highest BCUT2D eigenvalue weighted by atomic mass is 16.5. The van der Waals surface area contributed by atoms with Crippen LogP contribution in [0.1, 0.15) is 167 Å². The van der Waals surface area contributed by atoms with Crippen molar-refractivity contribution in [3.8, 4) is 0 Å². The Balaban J connectivity index is 1.24. The fourth-order valence-electron chi connectivity index (χ4n) is 10.1. The number of aromatic amines is 3. The monoisotopic (exact) mass is 871 g/mol. The van der Waals surface area contributed by atoms with Crippen LogP contribution < -0.4 is 16.0 Å². The standard InChI is InChI=1S/C55H74N4O5/c1-13-39-35(8)42-28-44-37(10)41(24-25-48(60)64-27-26-34(7)23-17-22-33(6)21-16-20-32(5)19-15-18-31(3)4)52(58-44)50-51(55(62)63-12)54(61)49-38(11)45(59-53(49)50)30-47-40(14-2)36(9)43(57-47)29-46(39)56-42/h13,23-25,28-33,37,41,51,56-59H,1,14-22,26-27H2,2-12H3/b25-24+,34-23+,43-29-,44-28-,47-30-,52-50-/t32-,33-,37+,41+,51-/m1/s1. The Morgan fingerprint density at radius 1 is 0.859 bits per heavy atom. The minimum absolute atomic E-state index is 0.172. The largest absolute Gasteiger partial charge is 0.468 e. The molecule has 3 aromatic heterocycles. The first-order valence-electron chi connectivity index (χ1n) is 23.9. The number of aromatic nitrogens is 3. The quantitative estimate of drug-likeness (QED) is 0.0411. The molecule has 3 aromatic rings.